The van der Waals surface area contributed by atoms with E-state index in [1.165, 1.54) is 18.1 Å². The fourth-order valence-electron chi connectivity index (χ4n) is 2.24. The summed E-state index contributed by atoms with van der Waals surface area (Å²) in [5, 5.41) is -1.54. The Balaban J connectivity index is 2.17. The van der Waals surface area contributed by atoms with Gasteiger partial charge in [0.05, 0.1) is 0 Å². The molecule has 0 bridgehead atoms. The molecule has 0 saturated carbocycles. The summed E-state index contributed by atoms with van der Waals surface area (Å²) in [7, 11) is 0. The number of thioether (sulfide) groups is 1. The van der Waals surface area contributed by atoms with E-state index >= 15 is 0 Å². The predicted octanol–water partition coefficient (Wildman–Crippen LogP) is 3.55. The van der Waals surface area contributed by atoms with Gasteiger partial charge >= 0.3 is 6.18 Å². The number of benzene rings is 1. The van der Waals surface area contributed by atoms with E-state index in [2.05, 4.69) is 0 Å². The number of hydrogen-bond donors (Lipinski definition) is 1. The Kier molecular flexibility index (Phi) is 3.92. The Labute approximate surface area is 109 Å². The molecule has 2 rings (SSSR count). The second-order valence-electron chi connectivity index (χ2n) is 4.72. The maximum absolute atomic E-state index is 12.8. The van der Waals surface area contributed by atoms with Crippen molar-refractivity contribution in [2.24, 2.45) is 5.73 Å². The number of nitrogens with two attached hydrogens (primary N) is 1. The molecule has 1 nitrogen and oxygen atoms in total. The van der Waals surface area contributed by atoms with Crippen LogP contribution in [0, 0.1) is 0 Å². The molecule has 0 aromatic heterocycles. The van der Waals surface area contributed by atoms with Gasteiger partial charge in [0.15, 0.2) is 0 Å². The third-order valence-electron chi connectivity index (χ3n) is 3.13. The summed E-state index contributed by atoms with van der Waals surface area (Å²) in [6, 6.07) is 4.69. The first kappa shape index (κ1) is 13.7. The molecule has 0 aliphatic heterocycles. The van der Waals surface area contributed by atoms with Gasteiger partial charge < -0.3 is 5.73 Å². The SMILES string of the molecule is CC(N)C(Sc1ccc2c(c1)CCC2)C(F)(F)F. The normalized spacial score (nSPS) is 18.5. The summed E-state index contributed by atoms with van der Waals surface area (Å²) in [5.41, 5.74) is 7.90. The molecule has 5 heteroatoms. The van der Waals surface area contributed by atoms with Gasteiger partial charge in [0, 0.05) is 10.9 Å². The van der Waals surface area contributed by atoms with Crippen LogP contribution < -0.4 is 5.73 Å². The van der Waals surface area contributed by atoms with Crippen LogP contribution in [-0.4, -0.2) is 17.5 Å². The largest absolute Gasteiger partial charge is 0.402 e. The summed E-state index contributed by atoms with van der Waals surface area (Å²) in [4.78, 5) is 0.662. The first-order valence-corrected chi connectivity index (χ1v) is 6.86. The Morgan fingerprint density at radius 1 is 1.22 bits per heavy atom. The summed E-state index contributed by atoms with van der Waals surface area (Å²) in [6.07, 6.45) is -1.16. The molecule has 1 aliphatic carbocycles. The van der Waals surface area contributed by atoms with Crippen molar-refractivity contribution in [1.82, 2.24) is 0 Å². The second-order valence-corrected chi connectivity index (χ2v) is 5.94. The van der Waals surface area contributed by atoms with E-state index in [1.54, 1.807) is 6.07 Å². The van der Waals surface area contributed by atoms with Crippen molar-refractivity contribution < 1.29 is 13.2 Å². The third-order valence-corrected chi connectivity index (χ3v) is 4.61. The first-order chi connectivity index (χ1) is 8.38. The van der Waals surface area contributed by atoms with Crippen molar-refractivity contribution in [3.8, 4) is 0 Å². The van der Waals surface area contributed by atoms with Crippen LogP contribution in [0.15, 0.2) is 23.1 Å². The fraction of sp³-hybridized carbons (Fsp3) is 0.538. The molecule has 0 amide bonds. The Bertz CT molecular complexity index is 429. The topological polar surface area (TPSA) is 26.0 Å². The van der Waals surface area contributed by atoms with Gasteiger partial charge in [-0.05, 0) is 49.4 Å². The van der Waals surface area contributed by atoms with E-state index in [0.717, 1.165) is 31.0 Å². The van der Waals surface area contributed by atoms with Crippen molar-refractivity contribution >= 4 is 11.8 Å². The van der Waals surface area contributed by atoms with Crippen molar-refractivity contribution in [3.05, 3.63) is 29.3 Å². The summed E-state index contributed by atoms with van der Waals surface area (Å²) >= 11 is 0.820. The maximum atomic E-state index is 12.8. The minimum atomic E-state index is -4.27. The lowest BCUT2D eigenvalue weighted by atomic mass is 10.1. The minimum absolute atomic E-state index is 0.662. The molecule has 0 spiro atoms. The van der Waals surface area contributed by atoms with Gasteiger partial charge in [-0.25, -0.2) is 0 Å². The van der Waals surface area contributed by atoms with E-state index < -0.39 is 17.5 Å². The average Bonchev–Trinajstić information content (AvgIpc) is 2.70. The second kappa shape index (κ2) is 5.13. The van der Waals surface area contributed by atoms with E-state index in [-0.39, 0.29) is 0 Å². The molecule has 1 aromatic carbocycles. The lowest BCUT2D eigenvalue weighted by molar-refractivity contribution is -0.131. The van der Waals surface area contributed by atoms with Crippen molar-refractivity contribution in [2.45, 2.75) is 48.5 Å². The summed E-state index contributed by atoms with van der Waals surface area (Å²) in [5.74, 6) is 0. The van der Waals surface area contributed by atoms with Gasteiger partial charge in [-0.1, -0.05) is 6.07 Å². The number of hydrogen-bond acceptors (Lipinski definition) is 2. The Hall–Kier alpha value is -0.680. The number of alkyl halides is 3. The molecule has 100 valence electrons. The molecule has 2 unspecified atom stereocenters. The molecule has 0 radical (unpaired) electrons. The average molecular weight is 275 g/mol. The number of aryl methyl sites for hydroxylation is 2. The smallest absolute Gasteiger partial charge is 0.327 e. The van der Waals surface area contributed by atoms with Crippen molar-refractivity contribution in [3.63, 3.8) is 0 Å². The lowest BCUT2D eigenvalue weighted by Gasteiger charge is -2.23. The number of rotatable bonds is 3. The number of fused-ring (bicyclic) bond motifs is 1. The molecular formula is C13H16F3NS. The van der Waals surface area contributed by atoms with Gasteiger partial charge in [0.1, 0.15) is 5.25 Å². The molecule has 0 fully saturated rings. The van der Waals surface area contributed by atoms with Gasteiger partial charge in [-0.15, -0.1) is 11.8 Å². The summed E-state index contributed by atoms with van der Waals surface area (Å²) < 4.78 is 38.5. The molecule has 0 heterocycles. The number of halogens is 3. The van der Waals surface area contributed by atoms with E-state index in [0.29, 0.717) is 4.90 Å². The molecule has 1 aromatic rings. The molecule has 2 atom stereocenters. The predicted molar refractivity (Wildman–Crippen MR) is 67.8 cm³/mol. The highest BCUT2D eigenvalue weighted by molar-refractivity contribution is 8.00. The van der Waals surface area contributed by atoms with Gasteiger partial charge in [0.2, 0.25) is 0 Å². The highest BCUT2D eigenvalue weighted by Crippen LogP contribution is 2.38. The van der Waals surface area contributed by atoms with Crippen LogP contribution >= 0.6 is 11.8 Å². The highest BCUT2D eigenvalue weighted by Gasteiger charge is 2.42. The van der Waals surface area contributed by atoms with Crippen LogP contribution in [0.25, 0.3) is 0 Å². The Morgan fingerprint density at radius 2 is 1.89 bits per heavy atom. The van der Waals surface area contributed by atoms with Crippen LogP contribution in [0.3, 0.4) is 0 Å². The van der Waals surface area contributed by atoms with Crippen molar-refractivity contribution in [1.29, 1.82) is 0 Å². The van der Waals surface area contributed by atoms with E-state index in [9.17, 15) is 13.2 Å². The highest BCUT2D eigenvalue weighted by atomic mass is 32.2. The monoisotopic (exact) mass is 275 g/mol. The van der Waals surface area contributed by atoms with Crippen LogP contribution in [0.1, 0.15) is 24.5 Å². The summed E-state index contributed by atoms with van der Waals surface area (Å²) in [6.45, 7) is 1.40. The first-order valence-electron chi connectivity index (χ1n) is 5.98. The zero-order valence-corrected chi connectivity index (χ0v) is 10.9. The zero-order valence-electron chi connectivity index (χ0n) is 10.1. The van der Waals surface area contributed by atoms with E-state index in [4.69, 9.17) is 5.73 Å². The maximum Gasteiger partial charge on any atom is 0.402 e. The van der Waals surface area contributed by atoms with Crippen LogP contribution in [0.4, 0.5) is 13.2 Å². The van der Waals surface area contributed by atoms with E-state index in [1.807, 2.05) is 12.1 Å². The molecule has 1 aliphatic rings. The molecule has 2 N–H and O–H groups in total. The zero-order chi connectivity index (χ0) is 13.3. The van der Waals surface area contributed by atoms with Gasteiger partial charge in [-0.3, -0.25) is 0 Å². The van der Waals surface area contributed by atoms with Gasteiger partial charge in [0.25, 0.3) is 0 Å². The standard InChI is InChI=1S/C13H16F3NS/c1-8(17)12(13(14,15)16)18-11-6-5-9-3-2-4-10(9)7-11/h5-8,12H,2-4,17H2,1H3. The minimum Gasteiger partial charge on any atom is -0.327 e. The lowest BCUT2D eigenvalue weighted by Crippen LogP contribution is -2.40. The van der Waals surface area contributed by atoms with Gasteiger partial charge in [-0.2, -0.15) is 13.2 Å². The fourth-order valence-corrected chi connectivity index (χ4v) is 3.24. The molecule has 18 heavy (non-hydrogen) atoms. The van der Waals surface area contributed by atoms with Crippen LogP contribution in [0.2, 0.25) is 0 Å². The molecule has 0 saturated heterocycles. The quantitative estimate of drug-likeness (QED) is 0.854. The van der Waals surface area contributed by atoms with Crippen LogP contribution in [0.5, 0.6) is 0 Å². The third kappa shape index (κ3) is 3.01. The van der Waals surface area contributed by atoms with Crippen LogP contribution in [-0.2, 0) is 12.8 Å². The molecular weight excluding hydrogens is 259 g/mol. The Morgan fingerprint density at radius 3 is 2.50 bits per heavy atom. The van der Waals surface area contributed by atoms with Crippen molar-refractivity contribution in [2.75, 3.05) is 0 Å².